The molecule has 26 heavy (non-hydrogen) atoms. The predicted octanol–water partition coefficient (Wildman–Crippen LogP) is 1.48. The van der Waals surface area contributed by atoms with Gasteiger partial charge in [0.05, 0.1) is 13.2 Å². The second-order valence-electron chi connectivity index (χ2n) is 6.17. The van der Waals surface area contributed by atoms with Crippen LogP contribution in [-0.2, 0) is 19.5 Å². The van der Waals surface area contributed by atoms with Crippen molar-refractivity contribution in [2.45, 2.75) is 39.8 Å². The van der Waals surface area contributed by atoms with Gasteiger partial charge in [0.1, 0.15) is 17.4 Å². The van der Waals surface area contributed by atoms with Gasteiger partial charge in [-0.1, -0.05) is 0 Å². The van der Waals surface area contributed by atoms with Crippen LogP contribution in [0.5, 0.6) is 5.75 Å². The Hall–Kier alpha value is -3.14. The van der Waals surface area contributed by atoms with Crippen LogP contribution in [0, 0.1) is 11.3 Å². The number of Topliss-reactive ketones (excluding diaryl/α,β-unsaturated/α-hetero) is 1. The first-order chi connectivity index (χ1) is 12.5. The van der Waals surface area contributed by atoms with E-state index in [4.69, 9.17) is 4.74 Å². The highest BCUT2D eigenvalue weighted by Crippen LogP contribution is 2.22. The van der Waals surface area contributed by atoms with Gasteiger partial charge in [0.15, 0.2) is 5.78 Å². The van der Waals surface area contributed by atoms with Gasteiger partial charge >= 0.3 is 5.69 Å². The third kappa shape index (κ3) is 2.94. The number of hydrogen-bond acceptors (Lipinski definition) is 5. The Bertz CT molecular complexity index is 1040. The molecule has 0 amide bonds. The van der Waals surface area contributed by atoms with Crippen molar-refractivity contribution >= 4 is 5.78 Å². The number of fused-ring (bicyclic) bond motifs is 1. The van der Waals surface area contributed by atoms with Crippen molar-refractivity contribution < 1.29 is 9.53 Å². The second kappa shape index (κ2) is 7.00. The monoisotopic (exact) mass is 353 g/mol. The van der Waals surface area contributed by atoms with Crippen LogP contribution < -0.4 is 16.0 Å². The highest BCUT2D eigenvalue weighted by molar-refractivity contribution is 5.94. The summed E-state index contributed by atoms with van der Waals surface area (Å²) in [6, 6.07) is 6.88. The lowest BCUT2D eigenvalue weighted by atomic mass is 10.1. The summed E-state index contributed by atoms with van der Waals surface area (Å²) >= 11 is 0. The fourth-order valence-electron chi connectivity index (χ4n) is 3.28. The van der Waals surface area contributed by atoms with Crippen molar-refractivity contribution in [1.29, 1.82) is 5.26 Å². The maximum Gasteiger partial charge on any atom is 0.331 e. The summed E-state index contributed by atoms with van der Waals surface area (Å²) in [4.78, 5) is 37.1. The molecule has 0 spiro atoms. The summed E-state index contributed by atoms with van der Waals surface area (Å²) in [5, 5.41) is 9.37. The average Bonchev–Trinajstić information content (AvgIpc) is 3.10. The van der Waals surface area contributed by atoms with Gasteiger partial charge in [-0.2, -0.15) is 5.26 Å². The summed E-state index contributed by atoms with van der Waals surface area (Å²) in [5.41, 5.74) is 0.530. The minimum atomic E-state index is -0.596. The summed E-state index contributed by atoms with van der Waals surface area (Å²) in [5.74, 6) is 0.387. The van der Waals surface area contributed by atoms with Gasteiger partial charge in [0.25, 0.3) is 5.56 Å². The molecule has 7 nitrogen and oxygen atoms in total. The molecule has 1 aliphatic heterocycles. The molecule has 0 aliphatic carbocycles. The van der Waals surface area contributed by atoms with Crippen molar-refractivity contribution in [3.05, 3.63) is 61.4 Å². The Morgan fingerprint density at radius 2 is 2.12 bits per heavy atom. The smallest absolute Gasteiger partial charge is 0.331 e. The van der Waals surface area contributed by atoms with E-state index in [0.29, 0.717) is 42.1 Å². The molecule has 2 heterocycles. The van der Waals surface area contributed by atoms with Crippen LogP contribution in [0.1, 0.15) is 47.4 Å². The Labute approximate surface area is 150 Å². The van der Waals surface area contributed by atoms with Gasteiger partial charge in [0, 0.05) is 23.4 Å². The summed E-state index contributed by atoms with van der Waals surface area (Å²) in [6.45, 7) is 4.13. The molecule has 7 heteroatoms. The zero-order valence-electron chi connectivity index (χ0n) is 14.7. The van der Waals surface area contributed by atoms with Crippen molar-refractivity contribution in [3.8, 4) is 11.8 Å². The number of nitrogens with zero attached hydrogens (tertiary/aromatic N) is 3. The number of carbonyl (C=O) groups is 1. The molecule has 2 aromatic rings. The molecule has 1 aromatic carbocycles. The van der Waals surface area contributed by atoms with Gasteiger partial charge in [0.2, 0.25) is 0 Å². The van der Waals surface area contributed by atoms with Crippen LogP contribution in [-0.4, -0.2) is 21.5 Å². The third-order valence-corrected chi connectivity index (χ3v) is 4.54. The zero-order chi connectivity index (χ0) is 18.8. The number of carbonyl (C=O) groups excluding carboxylic acids is 1. The number of ketones is 1. The molecular weight excluding hydrogens is 334 g/mol. The highest BCUT2D eigenvalue weighted by atomic mass is 16.5. The van der Waals surface area contributed by atoms with E-state index in [-0.39, 0.29) is 17.9 Å². The van der Waals surface area contributed by atoms with E-state index in [9.17, 15) is 19.6 Å². The molecule has 1 aliphatic rings. The molecule has 134 valence electrons. The maximum absolute atomic E-state index is 12.8. The van der Waals surface area contributed by atoms with E-state index >= 15 is 0 Å². The second-order valence-corrected chi connectivity index (χ2v) is 6.17. The largest absolute Gasteiger partial charge is 0.494 e. The lowest BCUT2D eigenvalue weighted by Crippen LogP contribution is -2.42. The molecule has 3 rings (SSSR count). The first-order valence-electron chi connectivity index (χ1n) is 8.51. The van der Waals surface area contributed by atoms with Crippen LogP contribution in [0.2, 0.25) is 0 Å². The summed E-state index contributed by atoms with van der Waals surface area (Å²) < 4.78 is 8.12. The molecule has 0 fully saturated rings. The van der Waals surface area contributed by atoms with Crippen LogP contribution in [0.25, 0.3) is 0 Å². The van der Waals surface area contributed by atoms with Crippen molar-refractivity contribution in [2.24, 2.45) is 0 Å². The fraction of sp³-hybridized carbons (Fsp3) is 0.368. The lowest BCUT2D eigenvalue weighted by molar-refractivity contribution is 0.101. The quantitative estimate of drug-likeness (QED) is 0.759. The van der Waals surface area contributed by atoms with E-state index in [1.807, 2.05) is 13.0 Å². The van der Waals surface area contributed by atoms with Crippen LogP contribution in [0.3, 0.4) is 0 Å². The van der Waals surface area contributed by atoms with Gasteiger partial charge in [-0.3, -0.25) is 18.7 Å². The molecule has 0 bridgehead atoms. The molecular formula is C19H19N3O4. The number of hydrogen-bond donors (Lipinski definition) is 0. The van der Waals surface area contributed by atoms with Gasteiger partial charge in [-0.05, 0) is 44.9 Å². The van der Waals surface area contributed by atoms with Gasteiger partial charge < -0.3 is 4.74 Å². The predicted molar refractivity (Wildman–Crippen MR) is 94.7 cm³/mol. The Morgan fingerprint density at radius 3 is 2.77 bits per heavy atom. The SMILES string of the molecule is CCOc1ccc(C(C)=O)cc1Cn1c(=O)c(C#N)c2n(c1=O)CCC2. The van der Waals surface area contributed by atoms with Crippen LogP contribution in [0.4, 0.5) is 0 Å². The van der Waals surface area contributed by atoms with Crippen molar-refractivity contribution in [1.82, 2.24) is 9.13 Å². The number of ether oxygens (including phenoxy) is 1. The topological polar surface area (TPSA) is 94.1 Å². The van der Waals surface area contributed by atoms with Gasteiger partial charge in [-0.25, -0.2) is 4.79 Å². The standard InChI is InChI=1S/C19H19N3O4/c1-3-26-17-7-6-13(12(2)23)9-14(17)11-22-18(24)15(10-20)16-5-4-8-21(16)19(22)25/h6-7,9H,3-5,8,11H2,1-2H3. The molecule has 0 N–H and O–H groups in total. The molecule has 0 atom stereocenters. The first-order valence-corrected chi connectivity index (χ1v) is 8.51. The van der Waals surface area contributed by atoms with Crippen molar-refractivity contribution in [2.75, 3.05) is 6.61 Å². The minimum absolute atomic E-state index is 0.0165. The number of rotatable bonds is 5. The highest BCUT2D eigenvalue weighted by Gasteiger charge is 2.23. The number of aromatic nitrogens is 2. The third-order valence-electron chi connectivity index (χ3n) is 4.54. The molecule has 1 aromatic heterocycles. The fourth-order valence-corrected chi connectivity index (χ4v) is 3.28. The first kappa shape index (κ1) is 17.7. The van der Waals surface area contributed by atoms with E-state index in [0.717, 1.165) is 11.0 Å². The van der Waals surface area contributed by atoms with Crippen LogP contribution in [0.15, 0.2) is 27.8 Å². The molecule has 0 radical (unpaired) electrons. The van der Waals surface area contributed by atoms with E-state index < -0.39 is 11.2 Å². The van der Waals surface area contributed by atoms with Crippen LogP contribution >= 0.6 is 0 Å². The maximum atomic E-state index is 12.8. The Kier molecular flexibility index (Phi) is 4.76. The van der Waals surface area contributed by atoms with E-state index in [1.165, 1.54) is 11.5 Å². The van der Waals surface area contributed by atoms with Crippen molar-refractivity contribution in [3.63, 3.8) is 0 Å². The van der Waals surface area contributed by atoms with Gasteiger partial charge in [-0.15, -0.1) is 0 Å². The Morgan fingerprint density at radius 1 is 1.35 bits per heavy atom. The Balaban J connectivity index is 2.17. The molecule has 0 saturated heterocycles. The molecule has 0 saturated carbocycles. The van der Waals surface area contributed by atoms with E-state index in [1.54, 1.807) is 18.2 Å². The normalized spacial score (nSPS) is 12.5. The lowest BCUT2D eigenvalue weighted by Gasteiger charge is -2.14. The number of nitriles is 1. The summed E-state index contributed by atoms with van der Waals surface area (Å²) in [6.07, 6.45) is 1.29. The van der Waals surface area contributed by atoms with E-state index in [2.05, 4.69) is 0 Å². The molecule has 0 unspecified atom stereocenters. The minimum Gasteiger partial charge on any atom is -0.494 e. The number of benzene rings is 1. The summed E-state index contributed by atoms with van der Waals surface area (Å²) in [7, 11) is 0. The average molecular weight is 353 g/mol. The zero-order valence-corrected chi connectivity index (χ0v) is 14.7.